The van der Waals surface area contributed by atoms with E-state index < -0.39 is 0 Å². The summed E-state index contributed by atoms with van der Waals surface area (Å²) in [6.45, 7) is 3.31. The number of thiophene rings is 1. The normalized spacial score (nSPS) is 10.8. The lowest BCUT2D eigenvalue weighted by Gasteiger charge is -2.09. The van der Waals surface area contributed by atoms with Gasteiger partial charge in [-0.1, -0.05) is 11.8 Å². The van der Waals surface area contributed by atoms with Crippen LogP contribution >= 0.6 is 23.1 Å². The Hall–Kier alpha value is -2.52. The van der Waals surface area contributed by atoms with Crippen LogP contribution in [0, 0.1) is 0 Å². The summed E-state index contributed by atoms with van der Waals surface area (Å²) in [5.41, 5.74) is 0.575. The third-order valence-electron chi connectivity index (χ3n) is 3.81. The van der Waals surface area contributed by atoms with Crippen LogP contribution in [0.3, 0.4) is 0 Å². The first-order valence-electron chi connectivity index (χ1n) is 8.78. The molecule has 0 saturated carbocycles. The zero-order valence-electron chi connectivity index (χ0n) is 15.6. The maximum Gasteiger partial charge on any atom is 0.271 e. The van der Waals surface area contributed by atoms with Crippen molar-refractivity contribution in [2.45, 2.75) is 12.1 Å². The highest BCUT2D eigenvalue weighted by Crippen LogP contribution is 2.20. The monoisotopic (exact) mass is 419 g/mol. The molecule has 0 aliphatic carbocycles. The van der Waals surface area contributed by atoms with Gasteiger partial charge in [-0.15, -0.1) is 11.3 Å². The molecule has 0 spiro atoms. The first kappa shape index (κ1) is 20.2. The number of benzene rings is 1. The Balaban J connectivity index is 1.42. The zero-order chi connectivity index (χ0) is 19.9. The second-order valence-electron chi connectivity index (χ2n) is 5.79. The Bertz CT molecular complexity index is 999. The standard InChI is InChI=1S/C19H21N3O4S2/c1-3-25-13-4-6-14(7-5-13)26-10-9-20-16(23)12-28-19-21-15-8-11-27-17(15)18(24)22(19)2/h4-8,11H,3,9-10,12H2,1-2H3,(H,20,23). The number of fused-ring (bicyclic) bond motifs is 1. The van der Waals surface area contributed by atoms with E-state index in [2.05, 4.69) is 10.3 Å². The van der Waals surface area contributed by atoms with Gasteiger partial charge in [-0.05, 0) is 42.6 Å². The molecule has 0 bridgehead atoms. The van der Waals surface area contributed by atoms with Gasteiger partial charge in [0.1, 0.15) is 22.8 Å². The maximum absolute atomic E-state index is 12.3. The molecule has 3 rings (SSSR count). The quantitative estimate of drug-likeness (QED) is 0.326. The van der Waals surface area contributed by atoms with Crippen LogP contribution in [0.5, 0.6) is 11.5 Å². The lowest BCUT2D eigenvalue weighted by Crippen LogP contribution is -2.30. The topological polar surface area (TPSA) is 82.5 Å². The number of aromatic nitrogens is 2. The fourth-order valence-electron chi connectivity index (χ4n) is 2.44. The minimum atomic E-state index is -0.139. The number of hydrogen-bond donors (Lipinski definition) is 1. The van der Waals surface area contributed by atoms with Gasteiger partial charge < -0.3 is 14.8 Å². The number of carbonyl (C=O) groups is 1. The average molecular weight is 420 g/mol. The molecule has 0 aliphatic rings. The Kier molecular flexibility index (Phi) is 6.94. The minimum Gasteiger partial charge on any atom is -0.494 e. The lowest BCUT2D eigenvalue weighted by molar-refractivity contribution is -0.118. The van der Waals surface area contributed by atoms with E-state index in [9.17, 15) is 9.59 Å². The van der Waals surface area contributed by atoms with Gasteiger partial charge in [-0.3, -0.25) is 14.2 Å². The molecule has 0 atom stereocenters. The second kappa shape index (κ2) is 9.61. The van der Waals surface area contributed by atoms with Crippen molar-refractivity contribution in [3.63, 3.8) is 0 Å². The highest BCUT2D eigenvalue weighted by molar-refractivity contribution is 7.99. The molecule has 9 heteroatoms. The van der Waals surface area contributed by atoms with Gasteiger partial charge in [-0.25, -0.2) is 4.98 Å². The molecule has 1 aromatic carbocycles. The number of thioether (sulfide) groups is 1. The molecule has 0 saturated heterocycles. The van der Waals surface area contributed by atoms with Gasteiger partial charge in [0.15, 0.2) is 5.16 Å². The summed E-state index contributed by atoms with van der Waals surface area (Å²) < 4.78 is 13.1. The van der Waals surface area contributed by atoms with E-state index in [1.54, 1.807) is 7.05 Å². The molecule has 3 aromatic rings. The van der Waals surface area contributed by atoms with Crippen molar-refractivity contribution >= 4 is 39.2 Å². The molecule has 1 N–H and O–H groups in total. The number of amides is 1. The van der Waals surface area contributed by atoms with Crippen LogP contribution in [0.2, 0.25) is 0 Å². The van der Waals surface area contributed by atoms with E-state index in [-0.39, 0.29) is 17.2 Å². The summed E-state index contributed by atoms with van der Waals surface area (Å²) in [5, 5.41) is 5.16. The Morgan fingerprint density at radius 3 is 2.64 bits per heavy atom. The smallest absolute Gasteiger partial charge is 0.271 e. The largest absolute Gasteiger partial charge is 0.494 e. The number of nitrogens with one attached hydrogen (secondary N) is 1. The highest BCUT2D eigenvalue weighted by Gasteiger charge is 2.11. The third kappa shape index (κ3) is 5.05. The Morgan fingerprint density at radius 1 is 1.21 bits per heavy atom. The van der Waals surface area contributed by atoms with Crippen LogP contribution in [-0.4, -0.2) is 41.0 Å². The summed E-state index contributed by atoms with van der Waals surface area (Å²) in [4.78, 5) is 28.7. The molecule has 1 amide bonds. The predicted octanol–water partition coefficient (Wildman–Crippen LogP) is 2.68. The SMILES string of the molecule is CCOc1ccc(OCCNC(=O)CSc2nc3ccsc3c(=O)n2C)cc1. The second-order valence-corrected chi connectivity index (χ2v) is 7.64. The molecule has 28 heavy (non-hydrogen) atoms. The Labute approximate surface area is 170 Å². The minimum absolute atomic E-state index is 0.0911. The number of carbonyl (C=O) groups excluding carboxylic acids is 1. The molecule has 2 heterocycles. The van der Waals surface area contributed by atoms with Crippen LogP contribution in [-0.2, 0) is 11.8 Å². The van der Waals surface area contributed by atoms with E-state index >= 15 is 0 Å². The van der Waals surface area contributed by atoms with Crippen molar-refractivity contribution in [2.75, 3.05) is 25.5 Å². The van der Waals surface area contributed by atoms with E-state index in [1.807, 2.05) is 42.6 Å². The molecular formula is C19H21N3O4S2. The highest BCUT2D eigenvalue weighted by atomic mass is 32.2. The molecule has 0 aliphatic heterocycles. The fraction of sp³-hybridized carbons (Fsp3) is 0.316. The maximum atomic E-state index is 12.3. The predicted molar refractivity (Wildman–Crippen MR) is 112 cm³/mol. The van der Waals surface area contributed by atoms with Crippen LogP contribution in [0.15, 0.2) is 45.7 Å². The lowest BCUT2D eigenvalue weighted by atomic mass is 10.3. The van der Waals surface area contributed by atoms with Crippen molar-refractivity contribution in [3.05, 3.63) is 46.1 Å². The van der Waals surface area contributed by atoms with E-state index in [0.29, 0.717) is 35.1 Å². The zero-order valence-corrected chi connectivity index (χ0v) is 17.3. The summed E-state index contributed by atoms with van der Waals surface area (Å²) in [5.74, 6) is 1.55. The van der Waals surface area contributed by atoms with Gasteiger partial charge in [0.2, 0.25) is 5.91 Å². The molecule has 148 valence electrons. The van der Waals surface area contributed by atoms with Gasteiger partial charge in [0.05, 0.1) is 24.4 Å². The van der Waals surface area contributed by atoms with Gasteiger partial charge in [0.25, 0.3) is 5.56 Å². The van der Waals surface area contributed by atoms with Crippen molar-refractivity contribution < 1.29 is 14.3 Å². The van der Waals surface area contributed by atoms with Crippen molar-refractivity contribution in [2.24, 2.45) is 7.05 Å². The van der Waals surface area contributed by atoms with E-state index in [1.165, 1.54) is 27.7 Å². The van der Waals surface area contributed by atoms with Crippen LogP contribution < -0.4 is 20.3 Å². The van der Waals surface area contributed by atoms with Gasteiger partial charge >= 0.3 is 0 Å². The van der Waals surface area contributed by atoms with Crippen molar-refractivity contribution in [1.82, 2.24) is 14.9 Å². The van der Waals surface area contributed by atoms with Crippen molar-refractivity contribution in [3.8, 4) is 11.5 Å². The number of hydrogen-bond acceptors (Lipinski definition) is 7. The first-order chi connectivity index (χ1) is 13.6. The van der Waals surface area contributed by atoms with Crippen LogP contribution in [0.1, 0.15) is 6.92 Å². The van der Waals surface area contributed by atoms with E-state index in [0.717, 1.165) is 11.5 Å². The van der Waals surface area contributed by atoms with Gasteiger partial charge in [-0.2, -0.15) is 0 Å². The Morgan fingerprint density at radius 2 is 1.93 bits per heavy atom. The van der Waals surface area contributed by atoms with Crippen molar-refractivity contribution in [1.29, 1.82) is 0 Å². The molecule has 0 unspecified atom stereocenters. The fourth-order valence-corrected chi connectivity index (χ4v) is 4.04. The summed E-state index contributed by atoms with van der Waals surface area (Å²) in [6.07, 6.45) is 0. The summed E-state index contributed by atoms with van der Waals surface area (Å²) in [7, 11) is 1.67. The van der Waals surface area contributed by atoms with Crippen LogP contribution in [0.25, 0.3) is 10.2 Å². The average Bonchev–Trinajstić information content (AvgIpc) is 3.17. The van der Waals surface area contributed by atoms with Crippen LogP contribution in [0.4, 0.5) is 0 Å². The van der Waals surface area contributed by atoms with Gasteiger partial charge in [0, 0.05) is 7.05 Å². The molecule has 2 aromatic heterocycles. The first-order valence-corrected chi connectivity index (χ1v) is 10.6. The number of rotatable bonds is 9. The molecule has 0 fully saturated rings. The van der Waals surface area contributed by atoms with E-state index in [4.69, 9.17) is 9.47 Å². The third-order valence-corrected chi connectivity index (χ3v) is 5.73. The molecular weight excluding hydrogens is 398 g/mol. The summed E-state index contributed by atoms with van der Waals surface area (Å²) >= 11 is 2.61. The molecule has 0 radical (unpaired) electrons. The molecule has 7 nitrogen and oxygen atoms in total. The number of ether oxygens (including phenoxy) is 2. The number of nitrogens with zero attached hydrogens (tertiary/aromatic N) is 2. The summed E-state index contributed by atoms with van der Waals surface area (Å²) in [6, 6.07) is 9.15.